The van der Waals surface area contributed by atoms with Gasteiger partial charge in [-0.1, -0.05) is 59.1 Å². The Morgan fingerprint density at radius 2 is 1.79 bits per heavy atom. The Hall–Kier alpha value is -3.36. The predicted molar refractivity (Wildman–Crippen MR) is 131 cm³/mol. The Bertz CT molecular complexity index is 1280. The Balaban J connectivity index is 1.89. The van der Waals surface area contributed by atoms with Gasteiger partial charge in [0, 0.05) is 0 Å². The summed E-state index contributed by atoms with van der Waals surface area (Å²) in [5, 5.41) is 4.17. The first-order chi connectivity index (χ1) is 15.7. The number of methoxy groups -OCH3 is 1. The summed E-state index contributed by atoms with van der Waals surface area (Å²) in [5.74, 6) is -0.221. The van der Waals surface area contributed by atoms with Crippen LogP contribution in [-0.4, -0.2) is 34.2 Å². The van der Waals surface area contributed by atoms with E-state index < -0.39 is 22.5 Å². The summed E-state index contributed by atoms with van der Waals surface area (Å²) in [6.07, 6.45) is 1.49. The molecule has 1 amide bonds. The van der Waals surface area contributed by atoms with Gasteiger partial charge in [0.15, 0.2) is 0 Å². The molecule has 3 aromatic carbocycles. The normalized spacial score (nSPS) is 11.4. The van der Waals surface area contributed by atoms with Crippen molar-refractivity contribution in [2.45, 2.75) is 18.7 Å². The first-order valence-electron chi connectivity index (χ1n) is 10.0. The number of sulfonamides is 1. The van der Waals surface area contributed by atoms with Crippen LogP contribution < -0.4 is 14.5 Å². The summed E-state index contributed by atoms with van der Waals surface area (Å²) in [4.78, 5) is 12.7. The quantitative estimate of drug-likeness (QED) is 0.380. The molecular formula is C24H24ClN3O4S. The van der Waals surface area contributed by atoms with Crippen LogP contribution in [0.15, 0.2) is 76.7 Å². The molecule has 9 heteroatoms. The van der Waals surface area contributed by atoms with Crippen LogP contribution >= 0.6 is 11.6 Å². The van der Waals surface area contributed by atoms with Crippen LogP contribution in [0.5, 0.6) is 5.75 Å². The summed E-state index contributed by atoms with van der Waals surface area (Å²) in [7, 11) is -2.60. The maximum absolute atomic E-state index is 13.4. The van der Waals surface area contributed by atoms with Gasteiger partial charge in [0.05, 0.1) is 28.9 Å². The lowest BCUT2D eigenvalue weighted by atomic mass is 10.2. The molecule has 172 valence electrons. The number of hydrogen-bond donors (Lipinski definition) is 1. The lowest BCUT2D eigenvalue weighted by Gasteiger charge is -2.24. The SMILES string of the molecule is COc1ccc(N(CC(=O)N/N=C\c2cccc(C)c2)S(=O)(=O)c2ccc(C)cc2)cc1Cl. The highest BCUT2D eigenvalue weighted by Gasteiger charge is 2.27. The standard InChI is InChI=1S/C24H24ClN3O4S/c1-17-7-10-21(11-8-17)33(30,31)28(20-9-12-23(32-3)22(25)14-20)16-24(29)27-26-15-19-6-4-5-18(2)13-19/h4-15H,16H2,1-3H3,(H,27,29)/b26-15-. The molecule has 0 unspecified atom stereocenters. The van der Waals surface area contributed by atoms with Gasteiger partial charge in [-0.2, -0.15) is 5.10 Å². The van der Waals surface area contributed by atoms with Crippen molar-refractivity contribution >= 4 is 39.4 Å². The van der Waals surface area contributed by atoms with Gasteiger partial charge >= 0.3 is 0 Å². The largest absolute Gasteiger partial charge is 0.495 e. The Morgan fingerprint density at radius 1 is 1.06 bits per heavy atom. The van der Waals surface area contributed by atoms with Crippen molar-refractivity contribution in [2.24, 2.45) is 5.10 Å². The van der Waals surface area contributed by atoms with E-state index in [1.54, 1.807) is 18.2 Å². The first kappa shape index (κ1) is 24.3. The monoisotopic (exact) mass is 485 g/mol. The van der Waals surface area contributed by atoms with Crippen molar-refractivity contribution in [1.82, 2.24) is 5.43 Å². The predicted octanol–water partition coefficient (Wildman–Crippen LogP) is 4.31. The minimum atomic E-state index is -4.06. The third-order valence-corrected chi connectivity index (χ3v) is 6.85. The Kier molecular flexibility index (Phi) is 7.73. The highest BCUT2D eigenvalue weighted by molar-refractivity contribution is 7.92. The molecular weight excluding hydrogens is 462 g/mol. The molecule has 1 N–H and O–H groups in total. The van der Waals surface area contributed by atoms with Crippen molar-refractivity contribution < 1.29 is 17.9 Å². The number of hydrogen-bond acceptors (Lipinski definition) is 5. The summed E-state index contributed by atoms with van der Waals surface area (Å²) in [6, 6.07) is 18.5. The second-order valence-electron chi connectivity index (χ2n) is 7.35. The average Bonchev–Trinajstić information content (AvgIpc) is 2.77. The smallest absolute Gasteiger partial charge is 0.264 e. The molecule has 0 atom stereocenters. The molecule has 33 heavy (non-hydrogen) atoms. The number of aryl methyl sites for hydroxylation is 2. The van der Waals surface area contributed by atoms with Crippen LogP contribution in [0.25, 0.3) is 0 Å². The number of nitrogens with zero attached hydrogens (tertiary/aromatic N) is 2. The van der Waals surface area contributed by atoms with Gasteiger partial charge < -0.3 is 4.74 Å². The minimum Gasteiger partial charge on any atom is -0.495 e. The van der Waals surface area contributed by atoms with Crippen molar-refractivity contribution in [2.75, 3.05) is 18.0 Å². The number of hydrazone groups is 1. The maximum Gasteiger partial charge on any atom is 0.264 e. The second-order valence-corrected chi connectivity index (χ2v) is 9.62. The number of benzene rings is 3. The summed E-state index contributed by atoms with van der Waals surface area (Å²) < 4.78 is 33.0. The number of carbonyl (C=O) groups is 1. The number of nitrogens with one attached hydrogen (secondary N) is 1. The van der Waals surface area contributed by atoms with Gasteiger partial charge in [-0.3, -0.25) is 9.10 Å². The Labute approximate surface area is 198 Å². The fraction of sp³-hybridized carbons (Fsp3) is 0.167. The maximum atomic E-state index is 13.4. The van der Waals surface area contributed by atoms with E-state index >= 15 is 0 Å². The molecule has 0 fully saturated rings. The van der Waals surface area contributed by atoms with E-state index in [9.17, 15) is 13.2 Å². The number of amides is 1. The molecule has 7 nitrogen and oxygen atoms in total. The molecule has 0 heterocycles. The molecule has 0 aliphatic rings. The Morgan fingerprint density at radius 3 is 2.42 bits per heavy atom. The van der Waals surface area contributed by atoms with Crippen LogP contribution in [0.3, 0.4) is 0 Å². The molecule has 0 aromatic heterocycles. The van der Waals surface area contributed by atoms with Gasteiger partial charge in [-0.05, 0) is 49.7 Å². The van der Waals surface area contributed by atoms with Crippen LogP contribution in [0, 0.1) is 13.8 Å². The van der Waals surface area contributed by atoms with Gasteiger partial charge in [0.2, 0.25) is 0 Å². The zero-order chi connectivity index (χ0) is 24.0. The van der Waals surface area contributed by atoms with E-state index in [-0.39, 0.29) is 15.6 Å². The molecule has 0 saturated heterocycles. The van der Waals surface area contributed by atoms with E-state index in [0.29, 0.717) is 5.75 Å². The molecule has 3 rings (SSSR count). The van der Waals surface area contributed by atoms with Crippen LogP contribution in [0.2, 0.25) is 5.02 Å². The number of anilines is 1. The third kappa shape index (κ3) is 6.12. The zero-order valence-electron chi connectivity index (χ0n) is 18.4. The molecule has 0 bridgehead atoms. The number of halogens is 1. The second kappa shape index (κ2) is 10.5. The summed E-state index contributed by atoms with van der Waals surface area (Å²) in [5.41, 5.74) is 5.38. The number of ether oxygens (including phenoxy) is 1. The van der Waals surface area contributed by atoms with Gasteiger partial charge in [-0.15, -0.1) is 0 Å². The zero-order valence-corrected chi connectivity index (χ0v) is 20.0. The lowest BCUT2D eigenvalue weighted by molar-refractivity contribution is -0.119. The van der Waals surface area contributed by atoms with Crippen LogP contribution in [0.4, 0.5) is 5.69 Å². The van der Waals surface area contributed by atoms with Crippen LogP contribution in [-0.2, 0) is 14.8 Å². The van der Waals surface area contributed by atoms with Gasteiger partial charge in [0.1, 0.15) is 12.3 Å². The van der Waals surface area contributed by atoms with Crippen molar-refractivity contribution in [1.29, 1.82) is 0 Å². The third-order valence-electron chi connectivity index (χ3n) is 4.76. The minimum absolute atomic E-state index is 0.0519. The van der Waals surface area contributed by atoms with E-state index in [4.69, 9.17) is 16.3 Å². The number of rotatable bonds is 8. The highest BCUT2D eigenvalue weighted by atomic mass is 35.5. The molecule has 0 spiro atoms. The lowest BCUT2D eigenvalue weighted by Crippen LogP contribution is -2.39. The molecule has 3 aromatic rings. The number of carbonyl (C=O) groups excluding carboxylic acids is 1. The van der Waals surface area contributed by atoms with Gasteiger partial charge in [-0.25, -0.2) is 13.8 Å². The molecule has 0 aliphatic heterocycles. The highest BCUT2D eigenvalue weighted by Crippen LogP contribution is 2.31. The van der Waals surface area contributed by atoms with Gasteiger partial charge in [0.25, 0.3) is 15.9 Å². The van der Waals surface area contributed by atoms with E-state index in [1.807, 2.05) is 38.1 Å². The molecule has 0 saturated carbocycles. The van der Waals surface area contributed by atoms with E-state index in [2.05, 4.69) is 10.5 Å². The van der Waals surface area contributed by atoms with Crippen molar-refractivity contribution in [3.8, 4) is 5.75 Å². The topological polar surface area (TPSA) is 88.1 Å². The first-order valence-corrected chi connectivity index (χ1v) is 11.8. The van der Waals surface area contributed by atoms with Crippen LogP contribution in [0.1, 0.15) is 16.7 Å². The van der Waals surface area contributed by atoms with Crippen molar-refractivity contribution in [3.05, 3.63) is 88.4 Å². The average molecular weight is 486 g/mol. The van der Waals surface area contributed by atoms with E-state index in [1.165, 1.54) is 37.6 Å². The summed E-state index contributed by atoms with van der Waals surface area (Å²) in [6.45, 7) is 3.31. The van der Waals surface area contributed by atoms with E-state index in [0.717, 1.165) is 21.0 Å². The fourth-order valence-electron chi connectivity index (χ4n) is 3.06. The fourth-order valence-corrected chi connectivity index (χ4v) is 4.72. The van der Waals surface area contributed by atoms with Crippen molar-refractivity contribution in [3.63, 3.8) is 0 Å². The molecule has 0 radical (unpaired) electrons. The summed E-state index contributed by atoms with van der Waals surface area (Å²) >= 11 is 6.22. The molecule has 0 aliphatic carbocycles.